The highest BCUT2D eigenvalue weighted by Gasteiger charge is 2.12. The minimum Gasteiger partial charge on any atom is -0.312 e. The van der Waals surface area contributed by atoms with E-state index >= 15 is 0 Å². The fraction of sp³-hybridized carbons (Fsp3) is 0.300. The maximum absolute atomic E-state index is 4.62. The average Bonchev–Trinajstić information content (AvgIpc) is 2.84. The number of aromatic nitrogens is 1. The number of thiophene rings is 1. The molecule has 2 rings (SSSR count). The van der Waals surface area contributed by atoms with Crippen molar-refractivity contribution >= 4 is 38.6 Å². The standard InChI is InChI=1S/C10H11BrN2S2/c1-6(12-2)8-5-15-10(13-8)9-7(11)3-4-14-9/h3-6,12H,1-2H3. The monoisotopic (exact) mass is 302 g/mol. The zero-order chi connectivity index (χ0) is 10.8. The van der Waals surface area contributed by atoms with Crippen LogP contribution in [0.25, 0.3) is 9.88 Å². The molecule has 0 spiro atoms. The van der Waals surface area contributed by atoms with Gasteiger partial charge >= 0.3 is 0 Å². The van der Waals surface area contributed by atoms with E-state index in [0.717, 1.165) is 15.2 Å². The second-order valence-electron chi connectivity index (χ2n) is 3.19. The van der Waals surface area contributed by atoms with Gasteiger partial charge < -0.3 is 5.32 Å². The van der Waals surface area contributed by atoms with Crippen molar-refractivity contribution in [2.75, 3.05) is 7.05 Å². The summed E-state index contributed by atoms with van der Waals surface area (Å²) in [6.45, 7) is 2.11. The van der Waals surface area contributed by atoms with Crippen molar-refractivity contribution in [1.82, 2.24) is 10.3 Å². The first-order valence-electron chi connectivity index (χ1n) is 4.58. The fourth-order valence-corrected chi connectivity index (χ4v) is 3.91. The van der Waals surface area contributed by atoms with Crippen molar-refractivity contribution in [2.24, 2.45) is 0 Å². The smallest absolute Gasteiger partial charge is 0.134 e. The van der Waals surface area contributed by atoms with Crippen molar-refractivity contribution in [3.05, 3.63) is 27.0 Å². The third kappa shape index (κ3) is 2.30. The van der Waals surface area contributed by atoms with Gasteiger partial charge in [-0.2, -0.15) is 0 Å². The Morgan fingerprint density at radius 1 is 1.47 bits per heavy atom. The predicted molar refractivity (Wildman–Crippen MR) is 70.6 cm³/mol. The van der Waals surface area contributed by atoms with Crippen LogP contribution in [0.1, 0.15) is 18.7 Å². The van der Waals surface area contributed by atoms with Crippen LogP contribution in [0.5, 0.6) is 0 Å². The van der Waals surface area contributed by atoms with E-state index in [0.29, 0.717) is 6.04 Å². The molecule has 2 nitrogen and oxygen atoms in total. The Balaban J connectivity index is 2.32. The van der Waals surface area contributed by atoms with Gasteiger partial charge in [0, 0.05) is 15.9 Å². The number of hydrogen-bond donors (Lipinski definition) is 1. The second-order valence-corrected chi connectivity index (χ2v) is 5.81. The molecular weight excluding hydrogens is 292 g/mol. The van der Waals surface area contributed by atoms with Gasteiger partial charge in [0.05, 0.1) is 10.6 Å². The SMILES string of the molecule is CNC(C)c1csc(-c2sccc2Br)n1. The number of nitrogens with one attached hydrogen (secondary N) is 1. The topological polar surface area (TPSA) is 24.9 Å². The van der Waals surface area contributed by atoms with Crippen LogP contribution >= 0.6 is 38.6 Å². The van der Waals surface area contributed by atoms with Crippen LogP contribution < -0.4 is 5.32 Å². The minimum atomic E-state index is 0.314. The summed E-state index contributed by atoms with van der Waals surface area (Å²) in [4.78, 5) is 5.84. The Bertz CT molecular complexity index is 450. The minimum absolute atomic E-state index is 0.314. The molecule has 0 saturated carbocycles. The molecule has 1 N–H and O–H groups in total. The van der Waals surface area contributed by atoms with Crippen LogP contribution in [0.2, 0.25) is 0 Å². The normalized spacial score (nSPS) is 13.0. The van der Waals surface area contributed by atoms with Gasteiger partial charge in [0.1, 0.15) is 5.01 Å². The number of thiazole rings is 1. The van der Waals surface area contributed by atoms with Gasteiger partial charge in [-0.15, -0.1) is 22.7 Å². The molecule has 0 aliphatic rings. The lowest BCUT2D eigenvalue weighted by Crippen LogP contribution is -2.12. The summed E-state index contributed by atoms with van der Waals surface area (Å²) in [5.41, 5.74) is 1.11. The van der Waals surface area contributed by atoms with Crippen molar-refractivity contribution in [3.63, 3.8) is 0 Å². The van der Waals surface area contributed by atoms with Crippen LogP contribution in [-0.4, -0.2) is 12.0 Å². The number of hydrogen-bond acceptors (Lipinski definition) is 4. The number of halogens is 1. The highest BCUT2D eigenvalue weighted by atomic mass is 79.9. The highest BCUT2D eigenvalue weighted by molar-refractivity contribution is 9.10. The molecule has 0 amide bonds. The second kappa shape index (κ2) is 4.74. The molecule has 1 atom stereocenters. The summed E-state index contributed by atoms with van der Waals surface area (Å²) in [7, 11) is 1.95. The van der Waals surface area contributed by atoms with Gasteiger partial charge in [-0.1, -0.05) is 0 Å². The molecular formula is C10H11BrN2S2. The van der Waals surface area contributed by atoms with Crippen LogP contribution in [-0.2, 0) is 0 Å². The van der Waals surface area contributed by atoms with Crippen LogP contribution in [0.3, 0.4) is 0 Å². The fourth-order valence-electron chi connectivity index (χ4n) is 1.18. The third-order valence-corrected chi connectivity index (χ3v) is 5.06. The lowest BCUT2D eigenvalue weighted by Gasteiger charge is -2.04. The maximum atomic E-state index is 4.62. The van der Waals surface area contributed by atoms with E-state index in [2.05, 4.69) is 50.0 Å². The molecule has 2 aromatic heterocycles. The Hall–Kier alpha value is -0.230. The first-order valence-corrected chi connectivity index (χ1v) is 7.13. The van der Waals surface area contributed by atoms with Crippen molar-refractivity contribution in [2.45, 2.75) is 13.0 Å². The highest BCUT2D eigenvalue weighted by Crippen LogP contribution is 2.35. The van der Waals surface area contributed by atoms with E-state index in [4.69, 9.17) is 0 Å². The Morgan fingerprint density at radius 2 is 2.27 bits per heavy atom. The van der Waals surface area contributed by atoms with Gasteiger partial charge in [0.25, 0.3) is 0 Å². The predicted octanol–water partition coefficient (Wildman–Crippen LogP) is 3.91. The number of rotatable bonds is 3. The van der Waals surface area contributed by atoms with Gasteiger partial charge in [-0.05, 0) is 41.3 Å². The van der Waals surface area contributed by atoms with Crippen molar-refractivity contribution in [3.8, 4) is 9.88 Å². The zero-order valence-electron chi connectivity index (χ0n) is 8.45. The van der Waals surface area contributed by atoms with E-state index in [9.17, 15) is 0 Å². The summed E-state index contributed by atoms with van der Waals surface area (Å²) in [5.74, 6) is 0. The van der Waals surface area contributed by atoms with Crippen LogP contribution in [0.4, 0.5) is 0 Å². The Morgan fingerprint density at radius 3 is 2.87 bits per heavy atom. The molecule has 80 valence electrons. The molecule has 5 heteroatoms. The molecule has 0 aliphatic heterocycles. The zero-order valence-corrected chi connectivity index (χ0v) is 11.7. The molecule has 0 radical (unpaired) electrons. The molecule has 2 aromatic rings. The van der Waals surface area contributed by atoms with E-state index in [1.54, 1.807) is 22.7 Å². The van der Waals surface area contributed by atoms with Crippen LogP contribution in [0.15, 0.2) is 21.3 Å². The Kier molecular flexibility index (Phi) is 3.56. The van der Waals surface area contributed by atoms with Gasteiger partial charge in [-0.25, -0.2) is 4.98 Å². The van der Waals surface area contributed by atoms with E-state index in [-0.39, 0.29) is 0 Å². The molecule has 15 heavy (non-hydrogen) atoms. The lowest BCUT2D eigenvalue weighted by atomic mass is 10.3. The Labute approximate surface area is 106 Å². The van der Waals surface area contributed by atoms with Gasteiger partial charge in [0.15, 0.2) is 0 Å². The summed E-state index contributed by atoms with van der Waals surface area (Å²) in [6.07, 6.45) is 0. The lowest BCUT2D eigenvalue weighted by molar-refractivity contribution is 0.637. The molecule has 0 bridgehead atoms. The summed E-state index contributed by atoms with van der Waals surface area (Å²) in [5, 5.41) is 8.47. The van der Waals surface area contributed by atoms with E-state index < -0.39 is 0 Å². The first kappa shape index (κ1) is 11.3. The van der Waals surface area contributed by atoms with E-state index in [1.165, 1.54) is 4.88 Å². The first-order chi connectivity index (χ1) is 7.22. The molecule has 0 aromatic carbocycles. The van der Waals surface area contributed by atoms with E-state index in [1.807, 2.05) is 7.05 Å². The summed E-state index contributed by atoms with van der Waals surface area (Å²) in [6, 6.07) is 2.37. The molecule has 2 heterocycles. The molecule has 0 aliphatic carbocycles. The van der Waals surface area contributed by atoms with Crippen molar-refractivity contribution in [1.29, 1.82) is 0 Å². The largest absolute Gasteiger partial charge is 0.312 e. The quantitative estimate of drug-likeness (QED) is 0.930. The molecule has 1 unspecified atom stereocenters. The summed E-state index contributed by atoms with van der Waals surface area (Å²) >= 11 is 6.94. The molecule has 0 fully saturated rings. The number of nitrogens with zero attached hydrogens (tertiary/aromatic N) is 1. The summed E-state index contributed by atoms with van der Waals surface area (Å²) < 4.78 is 1.13. The third-order valence-electron chi connectivity index (χ3n) is 2.21. The maximum Gasteiger partial charge on any atom is 0.134 e. The van der Waals surface area contributed by atoms with Crippen LogP contribution in [0, 0.1) is 0 Å². The van der Waals surface area contributed by atoms with Gasteiger partial charge in [-0.3, -0.25) is 0 Å². The van der Waals surface area contributed by atoms with Gasteiger partial charge in [0.2, 0.25) is 0 Å². The molecule has 0 saturated heterocycles. The average molecular weight is 303 g/mol. The van der Waals surface area contributed by atoms with Crippen molar-refractivity contribution < 1.29 is 0 Å².